The van der Waals surface area contributed by atoms with Crippen molar-refractivity contribution in [2.45, 2.75) is 40.2 Å². The van der Waals surface area contributed by atoms with Gasteiger partial charge in [0.2, 0.25) is 0 Å². The largest absolute Gasteiger partial charge is 0.372 e. The van der Waals surface area contributed by atoms with E-state index in [2.05, 4.69) is 36.5 Å². The van der Waals surface area contributed by atoms with Crippen molar-refractivity contribution < 1.29 is 0 Å². The first-order valence-electron chi connectivity index (χ1n) is 5.23. The van der Waals surface area contributed by atoms with E-state index in [0.717, 1.165) is 17.1 Å². The number of aromatic nitrogens is 1. The van der Waals surface area contributed by atoms with E-state index in [9.17, 15) is 0 Å². The zero-order chi connectivity index (χ0) is 11.4. The average Bonchev–Trinajstić information content (AvgIpc) is 2.54. The summed E-state index contributed by atoms with van der Waals surface area (Å²) in [4.78, 5) is 0. The van der Waals surface area contributed by atoms with Crippen LogP contribution in [0, 0.1) is 24.2 Å². The number of aryl methyl sites for hydroxylation is 1. The summed E-state index contributed by atoms with van der Waals surface area (Å²) in [6.45, 7) is 8.39. The van der Waals surface area contributed by atoms with E-state index in [0.29, 0.717) is 17.5 Å². The minimum Gasteiger partial charge on any atom is -0.372 e. The molecule has 0 saturated carbocycles. The van der Waals surface area contributed by atoms with Crippen LogP contribution in [0.1, 0.15) is 38.4 Å². The lowest BCUT2D eigenvalue weighted by Gasteiger charge is -2.20. The van der Waals surface area contributed by atoms with Gasteiger partial charge in [-0.05, 0) is 30.8 Å². The summed E-state index contributed by atoms with van der Waals surface area (Å²) in [6, 6.07) is 2.61. The highest BCUT2D eigenvalue weighted by Crippen LogP contribution is 2.25. The summed E-state index contributed by atoms with van der Waals surface area (Å²) in [7, 11) is 0. The third-order valence-electron chi connectivity index (χ3n) is 2.54. The number of rotatable bonds is 4. The minimum atomic E-state index is 0.414. The van der Waals surface area contributed by atoms with Gasteiger partial charge in [-0.2, -0.15) is 9.64 Å². The molecule has 0 aliphatic rings. The first kappa shape index (κ1) is 12.0. The zero-order valence-corrected chi connectivity index (χ0v) is 10.5. The second-order valence-corrected chi connectivity index (χ2v) is 4.76. The lowest BCUT2D eigenvalue weighted by Crippen LogP contribution is -2.24. The SMILES string of the molecule is CCC(Nc1snc(C)c1C#N)C(C)C. The lowest BCUT2D eigenvalue weighted by molar-refractivity contribution is 0.512. The van der Waals surface area contributed by atoms with E-state index in [1.54, 1.807) is 0 Å². The van der Waals surface area contributed by atoms with Crippen molar-refractivity contribution >= 4 is 16.5 Å². The number of nitrogens with one attached hydrogen (secondary N) is 1. The monoisotopic (exact) mass is 223 g/mol. The fraction of sp³-hybridized carbons (Fsp3) is 0.636. The third kappa shape index (κ3) is 2.69. The molecule has 0 aliphatic heterocycles. The number of nitriles is 1. The number of anilines is 1. The molecule has 3 nitrogen and oxygen atoms in total. The average molecular weight is 223 g/mol. The summed E-state index contributed by atoms with van der Waals surface area (Å²) in [6.07, 6.45) is 1.06. The van der Waals surface area contributed by atoms with Gasteiger partial charge in [-0.25, -0.2) is 0 Å². The Balaban J connectivity index is 2.84. The predicted molar refractivity (Wildman–Crippen MR) is 64.1 cm³/mol. The van der Waals surface area contributed by atoms with E-state index < -0.39 is 0 Å². The lowest BCUT2D eigenvalue weighted by atomic mass is 10.0. The van der Waals surface area contributed by atoms with Crippen molar-refractivity contribution in [3.8, 4) is 6.07 Å². The van der Waals surface area contributed by atoms with Gasteiger partial charge < -0.3 is 5.32 Å². The van der Waals surface area contributed by atoms with Crippen molar-refractivity contribution in [3.63, 3.8) is 0 Å². The summed E-state index contributed by atoms with van der Waals surface area (Å²) >= 11 is 1.38. The van der Waals surface area contributed by atoms with Gasteiger partial charge in [-0.3, -0.25) is 0 Å². The topological polar surface area (TPSA) is 48.7 Å². The van der Waals surface area contributed by atoms with Crippen LogP contribution >= 0.6 is 11.5 Å². The Morgan fingerprint density at radius 2 is 2.20 bits per heavy atom. The second kappa shape index (κ2) is 5.13. The Hall–Kier alpha value is -1.08. The van der Waals surface area contributed by atoms with E-state index >= 15 is 0 Å². The molecule has 1 unspecified atom stereocenters. The summed E-state index contributed by atoms with van der Waals surface area (Å²) in [5, 5.41) is 13.3. The van der Waals surface area contributed by atoms with Gasteiger partial charge >= 0.3 is 0 Å². The highest BCUT2D eigenvalue weighted by molar-refractivity contribution is 7.10. The number of hydrogen-bond acceptors (Lipinski definition) is 4. The Bertz CT molecular complexity index is 362. The molecule has 0 bridgehead atoms. The van der Waals surface area contributed by atoms with Gasteiger partial charge in [0, 0.05) is 6.04 Å². The maximum atomic E-state index is 8.99. The summed E-state index contributed by atoms with van der Waals surface area (Å²) < 4.78 is 4.19. The Morgan fingerprint density at radius 1 is 1.53 bits per heavy atom. The molecular formula is C11H17N3S. The van der Waals surface area contributed by atoms with Crippen LogP contribution in [0.3, 0.4) is 0 Å². The first-order chi connectivity index (χ1) is 7.10. The maximum Gasteiger partial charge on any atom is 0.127 e. The smallest absolute Gasteiger partial charge is 0.127 e. The van der Waals surface area contributed by atoms with Crippen LogP contribution in [0.2, 0.25) is 0 Å². The van der Waals surface area contributed by atoms with E-state index in [1.807, 2.05) is 6.92 Å². The quantitative estimate of drug-likeness (QED) is 0.853. The molecular weight excluding hydrogens is 206 g/mol. The second-order valence-electron chi connectivity index (χ2n) is 3.99. The molecule has 1 rings (SSSR count). The molecule has 82 valence electrons. The van der Waals surface area contributed by atoms with Crippen LogP contribution in [-0.4, -0.2) is 10.4 Å². The molecule has 0 fully saturated rings. The van der Waals surface area contributed by atoms with Gasteiger partial charge in [0.25, 0.3) is 0 Å². The molecule has 0 saturated heterocycles. The van der Waals surface area contributed by atoms with Crippen LogP contribution < -0.4 is 5.32 Å². The van der Waals surface area contributed by atoms with Gasteiger partial charge in [-0.15, -0.1) is 0 Å². The number of hydrogen-bond donors (Lipinski definition) is 1. The molecule has 1 aromatic rings. The van der Waals surface area contributed by atoms with Crippen molar-refractivity contribution in [3.05, 3.63) is 11.3 Å². The Kier molecular flexibility index (Phi) is 4.10. The molecule has 1 heterocycles. The van der Waals surface area contributed by atoms with Crippen LogP contribution in [0.25, 0.3) is 0 Å². The molecule has 15 heavy (non-hydrogen) atoms. The third-order valence-corrected chi connectivity index (χ3v) is 3.41. The van der Waals surface area contributed by atoms with Crippen LogP contribution in [0.4, 0.5) is 5.00 Å². The maximum absolute atomic E-state index is 8.99. The van der Waals surface area contributed by atoms with Crippen molar-refractivity contribution in [1.82, 2.24) is 4.37 Å². The molecule has 0 spiro atoms. The van der Waals surface area contributed by atoms with Crippen molar-refractivity contribution in [2.75, 3.05) is 5.32 Å². The Labute approximate surface area is 95.3 Å². The van der Waals surface area contributed by atoms with Crippen LogP contribution in [-0.2, 0) is 0 Å². The van der Waals surface area contributed by atoms with Gasteiger partial charge in [0.15, 0.2) is 0 Å². The fourth-order valence-electron chi connectivity index (χ4n) is 1.51. The minimum absolute atomic E-state index is 0.414. The van der Waals surface area contributed by atoms with Gasteiger partial charge in [0.05, 0.1) is 5.69 Å². The fourth-order valence-corrected chi connectivity index (χ4v) is 2.32. The zero-order valence-electron chi connectivity index (χ0n) is 9.66. The molecule has 1 aromatic heterocycles. The Morgan fingerprint density at radius 3 is 2.67 bits per heavy atom. The highest BCUT2D eigenvalue weighted by atomic mass is 32.1. The molecule has 0 aliphatic carbocycles. The molecule has 1 atom stereocenters. The first-order valence-corrected chi connectivity index (χ1v) is 6.00. The van der Waals surface area contributed by atoms with E-state index in [-0.39, 0.29) is 0 Å². The predicted octanol–water partition coefficient (Wildman–Crippen LogP) is 3.17. The molecule has 0 amide bonds. The van der Waals surface area contributed by atoms with Crippen LogP contribution in [0.15, 0.2) is 0 Å². The summed E-state index contributed by atoms with van der Waals surface area (Å²) in [5.74, 6) is 0.559. The molecule has 4 heteroatoms. The summed E-state index contributed by atoms with van der Waals surface area (Å²) in [5.41, 5.74) is 1.52. The van der Waals surface area contributed by atoms with E-state index in [4.69, 9.17) is 5.26 Å². The van der Waals surface area contributed by atoms with Crippen molar-refractivity contribution in [2.24, 2.45) is 5.92 Å². The molecule has 0 aromatic carbocycles. The van der Waals surface area contributed by atoms with Crippen LogP contribution in [0.5, 0.6) is 0 Å². The normalized spacial score (nSPS) is 12.5. The van der Waals surface area contributed by atoms with Gasteiger partial charge in [-0.1, -0.05) is 20.8 Å². The van der Waals surface area contributed by atoms with Gasteiger partial charge in [0.1, 0.15) is 16.6 Å². The number of nitrogens with zero attached hydrogens (tertiary/aromatic N) is 2. The van der Waals surface area contributed by atoms with E-state index in [1.165, 1.54) is 11.5 Å². The highest BCUT2D eigenvalue weighted by Gasteiger charge is 2.16. The molecule has 0 radical (unpaired) electrons. The van der Waals surface area contributed by atoms with Crippen molar-refractivity contribution in [1.29, 1.82) is 5.26 Å². The standard InChI is InChI=1S/C11H17N3S/c1-5-10(7(2)3)13-11-9(6-12)8(4)14-15-11/h7,10,13H,5H2,1-4H3. The molecule has 1 N–H and O–H groups in total.